The van der Waals surface area contributed by atoms with Crippen molar-refractivity contribution < 1.29 is 14.1 Å². The van der Waals surface area contributed by atoms with Gasteiger partial charge >= 0.3 is 0 Å². The zero-order chi connectivity index (χ0) is 17.8. The van der Waals surface area contributed by atoms with Crippen LogP contribution in [0.3, 0.4) is 0 Å². The summed E-state index contributed by atoms with van der Waals surface area (Å²) in [5, 5.41) is 2.96. The number of hydrogen-bond donors (Lipinski definition) is 2. The van der Waals surface area contributed by atoms with E-state index >= 15 is 0 Å². The number of carbonyl (C=O) groups is 1. The Labute approximate surface area is 155 Å². The lowest BCUT2D eigenvalue weighted by molar-refractivity contribution is -0.914. The number of anilines is 2. The van der Waals surface area contributed by atoms with E-state index in [1.807, 2.05) is 43.3 Å². The molecule has 0 spiro atoms. The summed E-state index contributed by atoms with van der Waals surface area (Å²) >= 11 is 3.38. The van der Waals surface area contributed by atoms with Gasteiger partial charge in [-0.05, 0) is 43.3 Å². The van der Waals surface area contributed by atoms with Crippen LogP contribution in [0.5, 0.6) is 0 Å². The Hall–Kier alpha value is -1.92. The Bertz CT molecular complexity index is 730. The Morgan fingerprint density at radius 2 is 1.80 bits per heavy atom. The number of nitrogens with one attached hydrogen (secondary N) is 2. The van der Waals surface area contributed by atoms with E-state index in [2.05, 4.69) is 26.1 Å². The molecule has 3 rings (SSSR count). The van der Waals surface area contributed by atoms with Crippen LogP contribution in [0.15, 0.2) is 53.0 Å². The lowest BCUT2D eigenvalue weighted by Crippen LogP contribution is -3.19. The van der Waals surface area contributed by atoms with Crippen LogP contribution in [0.2, 0.25) is 0 Å². The van der Waals surface area contributed by atoms with Gasteiger partial charge in [-0.25, -0.2) is 4.39 Å². The molecule has 0 bridgehead atoms. The van der Waals surface area contributed by atoms with Gasteiger partial charge in [0.15, 0.2) is 6.04 Å². The summed E-state index contributed by atoms with van der Waals surface area (Å²) in [5.41, 5.74) is 1.44. The predicted molar refractivity (Wildman–Crippen MR) is 102 cm³/mol. The molecule has 1 aliphatic rings. The van der Waals surface area contributed by atoms with Gasteiger partial charge in [-0.2, -0.15) is 0 Å². The van der Waals surface area contributed by atoms with Gasteiger partial charge in [0.05, 0.1) is 31.9 Å². The number of nitrogens with zero attached hydrogens (tertiary/aromatic N) is 1. The first-order valence-corrected chi connectivity index (χ1v) is 9.24. The highest BCUT2D eigenvalue weighted by atomic mass is 79.9. The number of benzene rings is 2. The van der Waals surface area contributed by atoms with Crippen LogP contribution in [0.25, 0.3) is 0 Å². The maximum atomic E-state index is 13.9. The highest BCUT2D eigenvalue weighted by Gasteiger charge is 2.29. The number of hydrogen-bond acceptors (Lipinski definition) is 2. The number of para-hydroxylation sites is 1. The molecule has 1 amide bonds. The first-order valence-electron chi connectivity index (χ1n) is 8.45. The maximum absolute atomic E-state index is 13.9. The lowest BCUT2D eigenvalue weighted by atomic mass is 10.2. The molecule has 132 valence electrons. The van der Waals surface area contributed by atoms with Gasteiger partial charge in [0.2, 0.25) is 0 Å². The molecule has 0 aliphatic carbocycles. The molecule has 2 aromatic rings. The number of amides is 1. The molecule has 25 heavy (non-hydrogen) atoms. The van der Waals surface area contributed by atoms with Crippen molar-refractivity contribution in [3.8, 4) is 0 Å². The molecule has 1 aliphatic heterocycles. The van der Waals surface area contributed by atoms with E-state index in [1.54, 1.807) is 6.07 Å². The van der Waals surface area contributed by atoms with Crippen molar-refractivity contribution in [2.75, 3.05) is 36.4 Å². The minimum absolute atomic E-state index is 0.0108. The highest BCUT2D eigenvalue weighted by molar-refractivity contribution is 9.10. The van der Waals surface area contributed by atoms with Crippen molar-refractivity contribution in [2.45, 2.75) is 13.0 Å². The van der Waals surface area contributed by atoms with E-state index in [0.717, 1.165) is 36.3 Å². The highest BCUT2D eigenvalue weighted by Crippen LogP contribution is 2.18. The Morgan fingerprint density at radius 3 is 2.44 bits per heavy atom. The second-order valence-electron chi connectivity index (χ2n) is 6.31. The average molecular weight is 407 g/mol. The Morgan fingerprint density at radius 1 is 1.16 bits per heavy atom. The number of quaternary nitrogens is 1. The summed E-state index contributed by atoms with van der Waals surface area (Å²) in [7, 11) is 0. The molecule has 1 saturated heterocycles. The molecule has 1 fully saturated rings. The summed E-state index contributed by atoms with van der Waals surface area (Å²) in [5.74, 6) is -0.177. The van der Waals surface area contributed by atoms with Gasteiger partial charge in [-0.15, -0.1) is 0 Å². The largest absolute Gasteiger partial charge is 0.358 e. The number of halogens is 2. The number of piperazine rings is 1. The van der Waals surface area contributed by atoms with Crippen molar-refractivity contribution >= 4 is 33.2 Å². The summed E-state index contributed by atoms with van der Waals surface area (Å²) in [6.07, 6.45) is 0. The van der Waals surface area contributed by atoms with Crippen LogP contribution < -0.4 is 15.1 Å². The molecule has 6 heteroatoms. The second-order valence-corrected chi connectivity index (χ2v) is 7.23. The van der Waals surface area contributed by atoms with Crippen molar-refractivity contribution in [3.05, 3.63) is 58.8 Å². The lowest BCUT2D eigenvalue weighted by Gasteiger charge is -2.36. The topological polar surface area (TPSA) is 36.8 Å². The molecule has 0 unspecified atom stereocenters. The second kappa shape index (κ2) is 7.97. The van der Waals surface area contributed by atoms with Crippen LogP contribution in [0.1, 0.15) is 6.92 Å². The fraction of sp³-hybridized carbons (Fsp3) is 0.316. The van der Waals surface area contributed by atoms with Crippen LogP contribution in [-0.4, -0.2) is 38.1 Å². The van der Waals surface area contributed by atoms with Crippen molar-refractivity contribution in [3.63, 3.8) is 0 Å². The van der Waals surface area contributed by atoms with Gasteiger partial charge in [0.25, 0.3) is 5.91 Å². The van der Waals surface area contributed by atoms with E-state index < -0.39 is 0 Å². The third-order valence-corrected chi connectivity index (χ3v) is 5.24. The predicted octanol–water partition coefficient (Wildman–Crippen LogP) is 2.32. The fourth-order valence-corrected chi connectivity index (χ4v) is 3.41. The van der Waals surface area contributed by atoms with E-state index in [-0.39, 0.29) is 17.8 Å². The molecule has 1 atom stereocenters. The molecule has 4 nitrogen and oxygen atoms in total. The fourth-order valence-electron chi connectivity index (χ4n) is 3.15. The number of carbonyl (C=O) groups excluding carboxylic acids is 1. The number of rotatable bonds is 4. The zero-order valence-electron chi connectivity index (χ0n) is 14.1. The first-order chi connectivity index (χ1) is 12.0. The monoisotopic (exact) mass is 406 g/mol. The van der Waals surface area contributed by atoms with E-state index in [4.69, 9.17) is 0 Å². The maximum Gasteiger partial charge on any atom is 0.282 e. The molecule has 2 N–H and O–H groups in total. The van der Waals surface area contributed by atoms with Gasteiger partial charge in [-0.1, -0.05) is 28.1 Å². The summed E-state index contributed by atoms with van der Waals surface area (Å²) in [4.78, 5) is 15.8. The van der Waals surface area contributed by atoms with E-state index in [9.17, 15) is 9.18 Å². The third-order valence-electron chi connectivity index (χ3n) is 4.72. The summed E-state index contributed by atoms with van der Waals surface area (Å²) in [6.45, 7) is 5.05. The minimum atomic E-state index is -0.188. The molecular formula is C19H22BrFN3O+. The van der Waals surface area contributed by atoms with Gasteiger partial charge in [-0.3, -0.25) is 4.79 Å². The summed E-state index contributed by atoms with van der Waals surface area (Å²) < 4.78 is 14.9. The Kier molecular flexibility index (Phi) is 5.71. The molecule has 1 heterocycles. The van der Waals surface area contributed by atoms with Gasteiger partial charge < -0.3 is 15.1 Å². The van der Waals surface area contributed by atoms with E-state index in [0.29, 0.717) is 5.69 Å². The molecular weight excluding hydrogens is 385 g/mol. The van der Waals surface area contributed by atoms with Crippen molar-refractivity contribution in [1.29, 1.82) is 0 Å². The quantitative estimate of drug-likeness (QED) is 0.817. The first kappa shape index (κ1) is 17.9. The van der Waals surface area contributed by atoms with E-state index in [1.165, 1.54) is 11.0 Å². The molecule has 0 saturated carbocycles. The van der Waals surface area contributed by atoms with Crippen molar-refractivity contribution in [2.24, 2.45) is 0 Å². The molecule has 0 radical (unpaired) electrons. The Balaban J connectivity index is 1.56. The normalized spacial score (nSPS) is 16.5. The molecule has 2 aromatic carbocycles. The standard InChI is InChI=1S/C19H21BrFN3O/c1-14(19(25)22-16-8-6-15(20)7-9-16)23-10-12-24(13-11-23)18-5-3-2-4-17(18)21/h2-9,14H,10-13H2,1H3,(H,22,25)/p+1/t14-/m0/s1. The smallest absolute Gasteiger partial charge is 0.282 e. The van der Waals surface area contributed by atoms with Crippen LogP contribution in [0.4, 0.5) is 15.8 Å². The van der Waals surface area contributed by atoms with Crippen molar-refractivity contribution in [1.82, 2.24) is 0 Å². The third kappa shape index (κ3) is 4.38. The SMILES string of the molecule is C[C@@H](C(=O)Nc1ccc(Br)cc1)[NH+]1CCN(c2ccccc2F)CC1. The molecule has 0 aromatic heterocycles. The average Bonchev–Trinajstić information content (AvgIpc) is 2.63. The summed E-state index contributed by atoms with van der Waals surface area (Å²) in [6, 6.07) is 14.3. The van der Waals surface area contributed by atoms with Gasteiger partial charge in [0.1, 0.15) is 5.82 Å². The van der Waals surface area contributed by atoms with Crippen LogP contribution in [0, 0.1) is 5.82 Å². The van der Waals surface area contributed by atoms with Crippen LogP contribution in [-0.2, 0) is 4.79 Å². The van der Waals surface area contributed by atoms with Gasteiger partial charge in [0, 0.05) is 10.2 Å². The zero-order valence-corrected chi connectivity index (χ0v) is 15.7. The van der Waals surface area contributed by atoms with Crippen LogP contribution >= 0.6 is 15.9 Å². The minimum Gasteiger partial charge on any atom is -0.358 e.